The zero-order chi connectivity index (χ0) is 15.7. The van der Waals surface area contributed by atoms with Gasteiger partial charge in [0.25, 0.3) is 0 Å². The van der Waals surface area contributed by atoms with E-state index < -0.39 is 61.9 Å². The third-order valence-electron chi connectivity index (χ3n) is 3.59. The highest BCUT2D eigenvalue weighted by Gasteiger charge is 2.48. The average molecular weight is 312 g/mol. The maximum Gasteiger partial charge on any atom is 0.186 e. The third kappa shape index (κ3) is 3.35. The Labute approximate surface area is 119 Å². The molecule has 0 amide bonds. The molecule has 0 aliphatic carbocycles. The summed E-state index contributed by atoms with van der Waals surface area (Å²) < 4.78 is 15.0. The molecule has 0 aromatic heterocycles. The second kappa shape index (κ2) is 6.79. The van der Waals surface area contributed by atoms with Crippen molar-refractivity contribution in [3.8, 4) is 0 Å². The maximum atomic E-state index is 9.92. The van der Waals surface area contributed by atoms with E-state index in [0.29, 0.717) is 0 Å². The molecule has 0 aromatic carbocycles. The summed E-state index contributed by atoms with van der Waals surface area (Å²) >= 11 is 0. The van der Waals surface area contributed by atoms with Crippen molar-refractivity contribution in [2.75, 3.05) is 13.2 Å². The van der Waals surface area contributed by atoms with Crippen molar-refractivity contribution in [3.05, 3.63) is 0 Å². The fraction of sp³-hybridized carbons (Fsp3) is 1.00. The quantitative estimate of drug-likeness (QED) is 0.268. The zero-order valence-electron chi connectivity index (χ0n) is 11.0. The molecule has 21 heavy (non-hydrogen) atoms. The Morgan fingerprint density at radius 2 is 1.57 bits per heavy atom. The third-order valence-corrected chi connectivity index (χ3v) is 3.59. The molecule has 2 fully saturated rings. The molecule has 9 atom stereocenters. The summed E-state index contributed by atoms with van der Waals surface area (Å²) in [6.45, 7) is -0.940. The minimum absolute atomic E-state index is 0.315. The first-order valence-corrected chi connectivity index (χ1v) is 6.48. The van der Waals surface area contributed by atoms with Crippen molar-refractivity contribution in [1.29, 1.82) is 0 Å². The molecule has 2 heterocycles. The molecular weight excluding hydrogens is 292 g/mol. The van der Waals surface area contributed by atoms with Crippen LogP contribution >= 0.6 is 0 Å². The molecule has 10 heteroatoms. The van der Waals surface area contributed by atoms with Crippen LogP contribution in [-0.2, 0) is 14.2 Å². The first kappa shape index (κ1) is 17.0. The Morgan fingerprint density at radius 3 is 2.19 bits per heavy atom. The zero-order valence-corrected chi connectivity index (χ0v) is 11.0. The molecule has 10 nitrogen and oxygen atoms in total. The molecule has 0 bridgehead atoms. The lowest BCUT2D eigenvalue weighted by Crippen LogP contribution is -2.62. The number of rotatable bonds is 3. The van der Waals surface area contributed by atoms with E-state index in [4.69, 9.17) is 19.3 Å². The predicted octanol–water partition coefficient (Wildman–Crippen LogP) is -4.76. The Hall–Kier alpha value is -0.400. The van der Waals surface area contributed by atoms with Crippen LogP contribution in [-0.4, -0.2) is 104 Å². The molecule has 2 saturated heterocycles. The molecule has 0 saturated carbocycles. The summed E-state index contributed by atoms with van der Waals surface area (Å²) in [5, 5.41) is 66.8. The topological polar surface area (TPSA) is 169 Å². The van der Waals surface area contributed by atoms with Crippen LogP contribution in [0.5, 0.6) is 0 Å². The van der Waals surface area contributed by atoms with Crippen molar-refractivity contribution in [2.24, 2.45) is 0 Å². The summed E-state index contributed by atoms with van der Waals surface area (Å²) in [5.41, 5.74) is 0. The lowest BCUT2D eigenvalue weighted by molar-refractivity contribution is -0.343. The van der Waals surface area contributed by atoms with Gasteiger partial charge in [0.15, 0.2) is 12.6 Å². The molecule has 2 aliphatic rings. The van der Waals surface area contributed by atoms with Gasteiger partial charge in [-0.05, 0) is 0 Å². The van der Waals surface area contributed by atoms with Crippen LogP contribution in [0.3, 0.4) is 0 Å². The van der Waals surface area contributed by atoms with E-state index in [-0.39, 0.29) is 6.61 Å². The monoisotopic (exact) mass is 312 g/mol. The summed E-state index contributed by atoms with van der Waals surface area (Å²) in [6.07, 6.45) is -13.3. The van der Waals surface area contributed by atoms with Gasteiger partial charge in [-0.2, -0.15) is 0 Å². The highest BCUT2D eigenvalue weighted by molar-refractivity contribution is 4.91. The number of hydrogen-bond acceptors (Lipinski definition) is 10. The molecule has 2 aliphatic heterocycles. The molecule has 0 aromatic rings. The Bertz CT molecular complexity index is 341. The van der Waals surface area contributed by atoms with Gasteiger partial charge in [0.2, 0.25) is 0 Å². The van der Waals surface area contributed by atoms with Crippen molar-refractivity contribution >= 4 is 0 Å². The normalized spacial score (nSPS) is 51.9. The van der Waals surface area contributed by atoms with Gasteiger partial charge in [-0.1, -0.05) is 0 Å². The van der Waals surface area contributed by atoms with Gasteiger partial charge in [-0.3, -0.25) is 0 Å². The molecule has 0 spiro atoms. The molecule has 7 N–H and O–H groups in total. The summed E-state index contributed by atoms with van der Waals surface area (Å²) in [6, 6.07) is 0. The van der Waals surface area contributed by atoms with E-state index in [1.165, 1.54) is 0 Å². The van der Waals surface area contributed by atoms with Gasteiger partial charge < -0.3 is 50.0 Å². The van der Waals surface area contributed by atoms with Crippen LogP contribution in [0.2, 0.25) is 0 Å². The van der Waals surface area contributed by atoms with E-state index in [9.17, 15) is 30.6 Å². The summed E-state index contributed by atoms with van der Waals surface area (Å²) in [5.74, 6) is 0. The van der Waals surface area contributed by atoms with Crippen LogP contribution in [0.1, 0.15) is 0 Å². The summed E-state index contributed by atoms with van der Waals surface area (Å²) in [4.78, 5) is 0. The lowest BCUT2D eigenvalue weighted by Gasteiger charge is -2.43. The Kier molecular flexibility index (Phi) is 5.48. The molecule has 124 valence electrons. The van der Waals surface area contributed by atoms with Crippen LogP contribution in [0.25, 0.3) is 0 Å². The molecule has 2 rings (SSSR count). The van der Waals surface area contributed by atoms with Gasteiger partial charge in [-0.25, -0.2) is 0 Å². The minimum Gasteiger partial charge on any atom is -0.394 e. The largest absolute Gasteiger partial charge is 0.394 e. The van der Waals surface area contributed by atoms with Crippen LogP contribution in [0.15, 0.2) is 0 Å². The van der Waals surface area contributed by atoms with Crippen LogP contribution in [0.4, 0.5) is 0 Å². The standard InChI is InChI=1S/C11H20O10/c12-1-4-6(15)9(8(17)10(18)20-4)21-11-7(16)5(14)3(13)2-19-11/h3-18H,1-2H2/t3-,4-,5+,6-,7+,8-,9+,10-,11-/m1/s1. The van der Waals surface area contributed by atoms with E-state index in [1.807, 2.05) is 0 Å². The average Bonchev–Trinajstić information content (AvgIpc) is 2.47. The van der Waals surface area contributed by atoms with Gasteiger partial charge in [0.1, 0.15) is 42.7 Å². The minimum atomic E-state index is -1.70. The Balaban J connectivity index is 2.05. The van der Waals surface area contributed by atoms with Gasteiger partial charge in [0, 0.05) is 0 Å². The van der Waals surface area contributed by atoms with Crippen molar-refractivity contribution < 1.29 is 50.0 Å². The fourth-order valence-corrected chi connectivity index (χ4v) is 2.28. The number of aliphatic hydroxyl groups is 7. The maximum absolute atomic E-state index is 9.92. The SMILES string of the molecule is OC[C@H]1O[C@@H](O)[C@H](O)[C@@H](O[C@H]2OC[C@@H](O)[C@H](O)[C@@H]2O)[C@@H]1O. The van der Waals surface area contributed by atoms with Gasteiger partial charge in [0.05, 0.1) is 13.2 Å². The molecule has 0 unspecified atom stereocenters. The fourth-order valence-electron chi connectivity index (χ4n) is 2.28. The highest BCUT2D eigenvalue weighted by atomic mass is 16.7. The van der Waals surface area contributed by atoms with E-state index in [2.05, 4.69) is 0 Å². The summed E-state index contributed by atoms with van der Waals surface area (Å²) in [7, 11) is 0. The lowest BCUT2D eigenvalue weighted by atomic mass is 9.98. The van der Waals surface area contributed by atoms with Crippen molar-refractivity contribution in [3.63, 3.8) is 0 Å². The number of aliphatic hydroxyl groups excluding tert-OH is 7. The second-order valence-corrected chi connectivity index (χ2v) is 5.08. The first-order valence-electron chi connectivity index (χ1n) is 6.48. The number of ether oxygens (including phenoxy) is 3. The first-order chi connectivity index (χ1) is 9.86. The van der Waals surface area contributed by atoms with E-state index in [1.54, 1.807) is 0 Å². The molecule has 0 radical (unpaired) electrons. The Morgan fingerprint density at radius 1 is 0.905 bits per heavy atom. The van der Waals surface area contributed by atoms with Crippen LogP contribution < -0.4 is 0 Å². The molecular formula is C11H20O10. The number of hydrogen-bond donors (Lipinski definition) is 7. The predicted molar refractivity (Wildman–Crippen MR) is 62.6 cm³/mol. The van der Waals surface area contributed by atoms with Crippen molar-refractivity contribution in [2.45, 2.75) is 55.3 Å². The van der Waals surface area contributed by atoms with Crippen molar-refractivity contribution in [1.82, 2.24) is 0 Å². The van der Waals surface area contributed by atoms with E-state index >= 15 is 0 Å². The second-order valence-electron chi connectivity index (χ2n) is 5.08. The highest BCUT2D eigenvalue weighted by Crippen LogP contribution is 2.26. The van der Waals surface area contributed by atoms with E-state index in [0.717, 1.165) is 0 Å². The van der Waals surface area contributed by atoms with Gasteiger partial charge in [-0.15, -0.1) is 0 Å². The van der Waals surface area contributed by atoms with Crippen LogP contribution in [0, 0.1) is 0 Å². The van der Waals surface area contributed by atoms with Gasteiger partial charge >= 0.3 is 0 Å². The smallest absolute Gasteiger partial charge is 0.186 e.